The molecule has 1 aromatic carbocycles. The first-order valence-electron chi connectivity index (χ1n) is 9.66. The smallest absolute Gasteiger partial charge is 0.132 e. The van der Waals surface area contributed by atoms with E-state index in [0.717, 1.165) is 54.6 Å². The molecule has 4 rings (SSSR count). The molecule has 1 aliphatic heterocycles. The summed E-state index contributed by atoms with van der Waals surface area (Å²) in [7, 11) is 0. The first-order chi connectivity index (χ1) is 13.2. The van der Waals surface area contributed by atoms with Crippen LogP contribution in [0.25, 0.3) is 10.8 Å². The Kier molecular flexibility index (Phi) is 5.21. The van der Waals surface area contributed by atoms with Gasteiger partial charge in [-0.2, -0.15) is 0 Å². The van der Waals surface area contributed by atoms with Crippen molar-refractivity contribution in [1.29, 1.82) is 0 Å². The summed E-state index contributed by atoms with van der Waals surface area (Å²) in [6.07, 6.45) is 8.85. The number of rotatable bonds is 5. The Hall–Kier alpha value is -2.66. The van der Waals surface area contributed by atoms with Gasteiger partial charge in [-0.3, -0.25) is 4.98 Å². The zero-order valence-corrected chi connectivity index (χ0v) is 15.7. The number of benzene rings is 1. The molecular formula is C22H26N4O. The number of pyridine rings is 2. The van der Waals surface area contributed by atoms with Crippen molar-refractivity contribution >= 4 is 28.0 Å². The van der Waals surface area contributed by atoms with Crippen LogP contribution in [-0.4, -0.2) is 34.8 Å². The number of aryl methyl sites for hydroxylation is 1. The zero-order valence-electron chi connectivity index (χ0n) is 15.7. The van der Waals surface area contributed by atoms with Crippen molar-refractivity contribution in [3.63, 3.8) is 0 Å². The highest BCUT2D eigenvalue weighted by Crippen LogP contribution is 2.30. The highest BCUT2D eigenvalue weighted by atomic mass is 16.3. The number of aromatic nitrogens is 2. The summed E-state index contributed by atoms with van der Waals surface area (Å²) in [4.78, 5) is 11.2. The molecule has 0 spiro atoms. The molecule has 0 amide bonds. The average Bonchev–Trinajstić information content (AvgIpc) is 2.70. The third-order valence-electron chi connectivity index (χ3n) is 5.48. The minimum absolute atomic E-state index is 0.300. The molecule has 2 aromatic heterocycles. The van der Waals surface area contributed by atoms with Crippen LogP contribution in [0.15, 0.2) is 48.9 Å². The third-order valence-corrected chi connectivity index (χ3v) is 5.48. The molecule has 1 saturated heterocycles. The topological polar surface area (TPSA) is 61.3 Å². The van der Waals surface area contributed by atoms with E-state index in [1.807, 2.05) is 24.7 Å². The van der Waals surface area contributed by atoms with Crippen molar-refractivity contribution in [2.75, 3.05) is 29.9 Å². The van der Waals surface area contributed by atoms with Crippen molar-refractivity contribution in [3.8, 4) is 0 Å². The number of hydrogen-bond donors (Lipinski definition) is 2. The molecule has 2 N–H and O–H groups in total. The van der Waals surface area contributed by atoms with Gasteiger partial charge in [-0.15, -0.1) is 0 Å². The number of fused-ring (bicyclic) bond motifs is 1. The Bertz CT molecular complexity index is 919. The van der Waals surface area contributed by atoms with Crippen LogP contribution in [0.2, 0.25) is 0 Å². The van der Waals surface area contributed by atoms with Gasteiger partial charge in [-0.1, -0.05) is 6.07 Å². The molecule has 1 fully saturated rings. The Morgan fingerprint density at radius 2 is 1.96 bits per heavy atom. The number of piperidine rings is 1. The van der Waals surface area contributed by atoms with E-state index in [2.05, 4.69) is 51.4 Å². The number of aliphatic hydroxyl groups is 1. The summed E-state index contributed by atoms with van der Waals surface area (Å²) in [6.45, 7) is 4.50. The quantitative estimate of drug-likeness (QED) is 0.709. The Morgan fingerprint density at radius 1 is 1.11 bits per heavy atom. The highest BCUT2D eigenvalue weighted by molar-refractivity contribution is 5.85. The van der Waals surface area contributed by atoms with E-state index < -0.39 is 0 Å². The Balaban J connectivity index is 1.51. The molecular weight excluding hydrogens is 336 g/mol. The predicted octanol–water partition coefficient (Wildman–Crippen LogP) is 4.28. The monoisotopic (exact) mass is 362 g/mol. The fraction of sp³-hybridized carbons (Fsp3) is 0.364. The van der Waals surface area contributed by atoms with E-state index in [1.54, 1.807) is 0 Å². The number of nitrogens with zero attached hydrogens (tertiary/aromatic N) is 3. The molecule has 27 heavy (non-hydrogen) atoms. The van der Waals surface area contributed by atoms with E-state index in [0.29, 0.717) is 12.5 Å². The van der Waals surface area contributed by atoms with Gasteiger partial charge in [0.2, 0.25) is 0 Å². The van der Waals surface area contributed by atoms with Gasteiger partial charge in [-0.25, -0.2) is 4.98 Å². The fourth-order valence-corrected chi connectivity index (χ4v) is 3.88. The molecule has 0 bridgehead atoms. The molecule has 140 valence electrons. The molecule has 5 nitrogen and oxygen atoms in total. The van der Waals surface area contributed by atoms with Crippen molar-refractivity contribution in [2.45, 2.75) is 26.2 Å². The van der Waals surface area contributed by atoms with Gasteiger partial charge in [0.15, 0.2) is 0 Å². The van der Waals surface area contributed by atoms with E-state index in [1.165, 1.54) is 11.3 Å². The Morgan fingerprint density at radius 3 is 2.78 bits per heavy atom. The normalized spacial score (nSPS) is 15.3. The number of hydrogen-bond acceptors (Lipinski definition) is 5. The molecule has 3 heterocycles. The maximum atomic E-state index is 9.15. The van der Waals surface area contributed by atoms with Crippen LogP contribution >= 0.6 is 0 Å². The molecule has 3 aromatic rings. The van der Waals surface area contributed by atoms with Crippen LogP contribution < -0.4 is 10.2 Å². The first-order valence-corrected chi connectivity index (χ1v) is 9.66. The SMILES string of the molecule is Cc1cnc(Nc2ccc3cnccc3c2)cc1N1CCC(CCO)CC1. The number of nitrogens with one attached hydrogen (secondary N) is 1. The minimum atomic E-state index is 0.300. The molecule has 0 atom stereocenters. The lowest BCUT2D eigenvalue weighted by Crippen LogP contribution is -2.34. The molecule has 0 saturated carbocycles. The largest absolute Gasteiger partial charge is 0.396 e. The second-order valence-corrected chi connectivity index (χ2v) is 7.36. The summed E-state index contributed by atoms with van der Waals surface area (Å²) in [6, 6.07) is 10.4. The minimum Gasteiger partial charge on any atom is -0.396 e. The van der Waals surface area contributed by atoms with Gasteiger partial charge in [0.25, 0.3) is 0 Å². The van der Waals surface area contributed by atoms with E-state index >= 15 is 0 Å². The lowest BCUT2D eigenvalue weighted by atomic mass is 9.93. The standard InChI is InChI=1S/C22H26N4O/c1-16-14-24-22(13-21(16)26-9-5-17(6-10-26)7-11-27)25-20-3-2-19-15-23-8-4-18(19)12-20/h2-4,8,12-15,17,27H,5-7,9-11H2,1H3,(H,24,25). The van der Waals surface area contributed by atoms with Crippen LogP contribution in [0.4, 0.5) is 17.2 Å². The zero-order chi connectivity index (χ0) is 18.6. The summed E-state index contributed by atoms with van der Waals surface area (Å²) in [5.74, 6) is 1.51. The molecule has 5 heteroatoms. The van der Waals surface area contributed by atoms with Gasteiger partial charge in [0.05, 0.1) is 0 Å². The van der Waals surface area contributed by atoms with Crippen LogP contribution in [0.3, 0.4) is 0 Å². The number of aliphatic hydroxyl groups excluding tert-OH is 1. The number of anilines is 3. The van der Waals surface area contributed by atoms with Gasteiger partial charge >= 0.3 is 0 Å². The maximum Gasteiger partial charge on any atom is 0.132 e. The second-order valence-electron chi connectivity index (χ2n) is 7.36. The summed E-state index contributed by atoms with van der Waals surface area (Å²) in [5, 5.41) is 14.9. The molecule has 1 aliphatic rings. The van der Waals surface area contributed by atoms with E-state index in [4.69, 9.17) is 5.11 Å². The first kappa shape index (κ1) is 17.7. The Labute approximate surface area is 160 Å². The van der Waals surface area contributed by atoms with Crippen molar-refractivity contribution in [2.24, 2.45) is 5.92 Å². The highest BCUT2D eigenvalue weighted by Gasteiger charge is 2.20. The van der Waals surface area contributed by atoms with Gasteiger partial charge in [0.1, 0.15) is 5.82 Å². The molecule has 0 aliphatic carbocycles. The van der Waals surface area contributed by atoms with Crippen LogP contribution in [0.5, 0.6) is 0 Å². The summed E-state index contributed by atoms with van der Waals surface area (Å²) >= 11 is 0. The molecule has 0 radical (unpaired) electrons. The summed E-state index contributed by atoms with van der Waals surface area (Å²) < 4.78 is 0. The van der Waals surface area contributed by atoms with Crippen molar-refractivity contribution < 1.29 is 5.11 Å². The van der Waals surface area contributed by atoms with Crippen LogP contribution in [0, 0.1) is 12.8 Å². The van der Waals surface area contributed by atoms with Crippen LogP contribution in [-0.2, 0) is 0 Å². The lowest BCUT2D eigenvalue weighted by molar-refractivity contribution is 0.240. The predicted molar refractivity (Wildman–Crippen MR) is 111 cm³/mol. The lowest BCUT2D eigenvalue weighted by Gasteiger charge is -2.34. The average molecular weight is 362 g/mol. The maximum absolute atomic E-state index is 9.15. The van der Waals surface area contributed by atoms with Gasteiger partial charge < -0.3 is 15.3 Å². The summed E-state index contributed by atoms with van der Waals surface area (Å²) in [5.41, 5.74) is 3.48. The van der Waals surface area contributed by atoms with Gasteiger partial charge in [-0.05, 0) is 61.3 Å². The van der Waals surface area contributed by atoms with Gasteiger partial charge in [0, 0.05) is 61.1 Å². The van der Waals surface area contributed by atoms with E-state index in [-0.39, 0.29) is 0 Å². The fourth-order valence-electron chi connectivity index (χ4n) is 3.88. The van der Waals surface area contributed by atoms with Crippen LogP contribution in [0.1, 0.15) is 24.8 Å². The molecule has 0 unspecified atom stereocenters. The second kappa shape index (κ2) is 7.92. The van der Waals surface area contributed by atoms with Crippen molar-refractivity contribution in [1.82, 2.24) is 9.97 Å². The van der Waals surface area contributed by atoms with Crippen molar-refractivity contribution in [3.05, 3.63) is 54.5 Å². The van der Waals surface area contributed by atoms with E-state index in [9.17, 15) is 0 Å². The third kappa shape index (κ3) is 4.03.